The van der Waals surface area contributed by atoms with E-state index < -0.39 is 29.7 Å². The third-order valence-corrected chi connectivity index (χ3v) is 5.33. The Balaban J connectivity index is 1.68. The van der Waals surface area contributed by atoms with Crippen molar-refractivity contribution in [3.63, 3.8) is 0 Å². The lowest BCUT2D eigenvalue weighted by Crippen LogP contribution is -2.40. The van der Waals surface area contributed by atoms with E-state index in [9.17, 15) is 9.90 Å². The summed E-state index contributed by atoms with van der Waals surface area (Å²) in [5.41, 5.74) is 1.43. The van der Waals surface area contributed by atoms with E-state index in [4.69, 9.17) is 14.2 Å². The molecule has 5 heterocycles. The fourth-order valence-electron chi connectivity index (χ4n) is 4.39. The van der Waals surface area contributed by atoms with E-state index >= 15 is 0 Å². The standard InChI is InChI=1S/C18H20N4O5/c1-17(2)26-15-11(7-23)25-14(18(15,3)27-17)10-6-9-4-5-12(24)21-16-13(9)22(10)20-8-19-16/h4-6,8,11,14-15,23H,7H2,1-3H3,(H,19,20,21,24)/t11-,14+,15-,18+/m1/s1. The molecule has 2 N–H and O–H groups in total. The maximum atomic E-state index is 11.8. The number of rotatable bonds is 2. The average molecular weight is 372 g/mol. The predicted molar refractivity (Wildman–Crippen MR) is 93.8 cm³/mol. The van der Waals surface area contributed by atoms with Crippen LogP contribution in [0.4, 0.5) is 5.82 Å². The summed E-state index contributed by atoms with van der Waals surface area (Å²) in [7, 11) is 0. The van der Waals surface area contributed by atoms with E-state index in [1.54, 1.807) is 10.6 Å². The van der Waals surface area contributed by atoms with Crippen molar-refractivity contribution in [2.24, 2.45) is 0 Å². The number of fused-ring (bicyclic) bond motifs is 1. The van der Waals surface area contributed by atoms with E-state index in [2.05, 4.69) is 15.4 Å². The zero-order chi connectivity index (χ0) is 19.0. The van der Waals surface area contributed by atoms with Crippen molar-refractivity contribution in [2.75, 3.05) is 11.9 Å². The Morgan fingerprint density at radius 1 is 1.33 bits per heavy atom. The molecule has 27 heavy (non-hydrogen) atoms. The molecular weight excluding hydrogens is 352 g/mol. The lowest BCUT2D eigenvalue weighted by atomic mass is 9.91. The second-order valence-corrected chi connectivity index (χ2v) is 7.68. The van der Waals surface area contributed by atoms with Crippen LogP contribution in [0.1, 0.15) is 38.1 Å². The van der Waals surface area contributed by atoms with Gasteiger partial charge in [0, 0.05) is 11.6 Å². The lowest BCUT2D eigenvalue weighted by molar-refractivity contribution is -0.207. The monoisotopic (exact) mass is 372 g/mol. The number of hydrogen-bond donors (Lipinski definition) is 2. The molecule has 0 saturated carbocycles. The highest BCUT2D eigenvalue weighted by atomic mass is 16.8. The molecule has 5 rings (SSSR count). The SMILES string of the molecule is CC1(C)O[C@@H]2[C@@H](CO)O[C@@H](c3cc4c5c(ncnn35)NC(=O)C=C4)[C@]2(C)O1. The predicted octanol–water partition coefficient (Wildman–Crippen LogP) is 1.04. The highest BCUT2D eigenvalue weighted by Crippen LogP contribution is 2.53. The summed E-state index contributed by atoms with van der Waals surface area (Å²) in [6.45, 7) is 5.45. The first-order valence-corrected chi connectivity index (χ1v) is 8.82. The van der Waals surface area contributed by atoms with Crippen LogP contribution in [0.5, 0.6) is 0 Å². The molecule has 9 heteroatoms. The molecule has 0 unspecified atom stereocenters. The Kier molecular flexibility index (Phi) is 3.33. The van der Waals surface area contributed by atoms with Crippen LogP contribution >= 0.6 is 0 Å². The van der Waals surface area contributed by atoms with Gasteiger partial charge in [0.2, 0.25) is 5.91 Å². The number of nitrogens with zero attached hydrogens (tertiary/aromatic N) is 3. The average Bonchev–Trinajstić information content (AvgIpc) is 3.12. The molecule has 0 spiro atoms. The molecule has 0 aliphatic carbocycles. The molecule has 2 fully saturated rings. The summed E-state index contributed by atoms with van der Waals surface area (Å²) in [6.07, 6.45) is 3.11. The number of aromatic nitrogens is 3. The van der Waals surface area contributed by atoms with Gasteiger partial charge in [0.25, 0.3) is 0 Å². The first-order chi connectivity index (χ1) is 12.8. The third kappa shape index (κ3) is 2.29. The zero-order valence-electron chi connectivity index (χ0n) is 15.2. The van der Waals surface area contributed by atoms with Crippen molar-refractivity contribution in [3.8, 4) is 0 Å². The normalized spacial score (nSPS) is 33.9. The van der Waals surface area contributed by atoms with Gasteiger partial charge >= 0.3 is 0 Å². The molecule has 2 aromatic heterocycles. The van der Waals surface area contributed by atoms with Gasteiger partial charge in [0.1, 0.15) is 35.8 Å². The number of amides is 1. The van der Waals surface area contributed by atoms with E-state index in [1.807, 2.05) is 26.8 Å². The number of nitrogens with one attached hydrogen (secondary N) is 1. The van der Waals surface area contributed by atoms with E-state index in [1.165, 1.54) is 12.4 Å². The smallest absolute Gasteiger partial charge is 0.249 e. The minimum atomic E-state index is -0.801. The Hall–Kier alpha value is -2.33. The van der Waals surface area contributed by atoms with E-state index in [0.29, 0.717) is 11.3 Å². The summed E-state index contributed by atoms with van der Waals surface area (Å²) < 4.78 is 20.1. The lowest BCUT2D eigenvalue weighted by Gasteiger charge is -2.29. The van der Waals surface area contributed by atoms with Crippen molar-refractivity contribution < 1.29 is 24.1 Å². The molecule has 2 saturated heterocycles. The Morgan fingerprint density at radius 3 is 2.93 bits per heavy atom. The van der Waals surface area contributed by atoms with Crippen LogP contribution < -0.4 is 5.32 Å². The van der Waals surface area contributed by atoms with Crippen LogP contribution in [0.25, 0.3) is 11.6 Å². The maximum absolute atomic E-state index is 11.8. The van der Waals surface area contributed by atoms with Gasteiger partial charge in [-0.05, 0) is 32.9 Å². The highest BCUT2D eigenvalue weighted by molar-refractivity contribution is 6.07. The minimum Gasteiger partial charge on any atom is -0.394 e. The topological polar surface area (TPSA) is 107 Å². The molecule has 142 valence electrons. The molecule has 0 radical (unpaired) electrons. The van der Waals surface area contributed by atoms with Gasteiger partial charge in [-0.25, -0.2) is 9.50 Å². The molecule has 3 aliphatic rings. The molecule has 2 aromatic rings. The molecule has 0 bridgehead atoms. The van der Waals surface area contributed by atoms with Crippen LogP contribution in [0.15, 0.2) is 18.5 Å². The van der Waals surface area contributed by atoms with E-state index in [0.717, 1.165) is 11.3 Å². The van der Waals surface area contributed by atoms with E-state index in [-0.39, 0.29) is 12.5 Å². The quantitative estimate of drug-likeness (QED) is 0.811. The number of ether oxygens (including phenoxy) is 3. The number of anilines is 1. The van der Waals surface area contributed by atoms with Gasteiger partial charge in [0.15, 0.2) is 11.6 Å². The van der Waals surface area contributed by atoms with Crippen molar-refractivity contribution in [1.82, 2.24) is 14.6 Å². The fraction of sp³-hybridized carbons (Fsp3) is 0.500. The second-order valence-electron chi connectivity index (χ2n) is 7.68. The van der Waals surface area contributed by atoms with Crippen molar-refractivity contribution in [2.45, 2.75) is 50.5 Å². The van der Waals surface area contributed by atoms with Crippen LogP contribution in [-0.2, 0) is 19.0 Å². The molecule has 9 nitrogen and oxygen atoms in total. The summed E-state index contributed by atoms with van der Waals surface area (Å²) in [5.74, 6) is -0.597. The third-order valence-electron chi connectivity index (χ3n) is 5.33. The first-order valence-electron chi connectivity index (χ1n) is 8.82. The highest BCUT2D eigenvalue weighted by Gasteiger charge is 2.64. The van der Waals surface area contributed by atoms with Crippen LogP contribution in [0.2, 0.25) is 0 Å². The van der Waals surface area contributed by atoms with Gasteiger partial charge in [-0.3, -0.25) is 4.79 Å². The van der Waals surface area contributed by atoms with Gasteiger partial charge in [-0.1, -0.05) is 0 Å². The summed E-state index contributed by atoms with van der Waals surface area (Å²) in [6, 6.07) is 1.91. The second kappa shape index (κ2) is 5.35. The summed E-state index contributed by atoms with van der Waals surface area (Å²) in [5, 5.41) is 16.9. The van der Waals surface area contributed by atoms with Crippen molar-refractivity contribution in [1.29, 1.82) is 0 Å². The number of aliphatic hydroxyl groups is 1. The van der Waals surface area contributed by atoms with Gasteiger partial charge in [0.05, 0.1) is 12.3 Å². The Labute approximate surface area is 154 Å². The molecular formula is C18H20N4O5. The Bertz CT molecular complexity index is 984. The molecule has 0 aromatic carbocycles. The van der Waals surface area contributed by atoms with Crippen molar-refractivity contribution >= 4 is 23.3 Å². The number of hydrogen-bond acceptors (Lipinski definition) is 7. The maximum Gasteiger partial charge on any atom is 0.249 e. The van der Waals surface area contributed by atoms with Gasteiger partial charge in [-0.2, -0.15) is 5.10 Å². The Morgan fingerprint density at radius 2 is 2.15 bits per heavy atom. The molecule has 4 atom stereocenters. The van der Waals surface area contributed by atoms with Crippen LogP contribution in [0.3, 0.4) is 0 Å². The largest absolute Gasteiger partial charge is 0.394 e. The zero-order valence-corrected chi connectivity index (χ0v) is 15.2. The molecule has 1 amide bonds. The number of aliphatic hydroxyl groups excluding tert-OH is 1. The summed E-state index contributed by atoms with van der Waals surface area (Å²) in [4.78, 5) is 16.0. The van der Waals surface area contributed by atoms with Crippen molar-refractivity contribution in [3.05, 3.63) is 29.7 Å². The minimum absolute atomic E-state index is 0.178. The van der Waals surface area contributed by atoms with Crippen LogP contribution in [0, 0.1) is 0 Å². The molecule has 3 aliphatic heterocycles. The van der Waals surface area contributed by atoms with Crippen LogP contribution in [-0.4, -0.2) is 55.8 Å². The number of carbonyl (C=O) groups is 1. The first kappa shape index (κ1) is 16.8. The fourth-order valence-corrected chi connectivity index (χ4v) is 4.39. The number of carbonyl (C=O) groups excluding carboxylic acids is 1. The van der Waals surface area contributed by atoms with Gasteiger partial charge in [-0.15, -0.1) is 0 Å². The summed E-state index contributed by atoms with van der Waals surface area (Å²) >= 11 is 0. The van der Waals surface area contributed by atoms with Gasteiger partial charge < -0.3 is 24.6 Å².